The smallest absolute Gasteiger partial charge is 0.336 e. The number of carbonyl (C=O) groups excluding carboxylic acids is 1. The lowest BCUT2D eigenvalue weighted by atomic mass is 10.0. The van der Waals surface area contributed by atoms with Crippen LogP contribution in [-0.4, -0.2) is 80.8 Å². The quantitative estimate of drug-likeness (QED) is 0.728. The maximum atomic E-state index is 11.6. The van der Waals surface area contributed by atoms with Gasteiger partial charge in [0.1, 0.15) is 11.5 Å². The van der Waals surface area contributed by atoms with Crippen LogP contribution in [0.1, 0.15) is 15.9 Å². The molecular formula is C17H25N3O5. The van der Waals surface area contributed by atoms with E-state index in [-0.39, 0.29) is 11.5 Å². The average molecular weight is 351 g/mol. The van der Waals surface area contributed by atoms with Crippen LogP contribution < -0.4 is 14.8 Å². The molecule has 8 nitrogen and oxygen atoms in total. The van der Waals surface area contributed by atoms with E-state index in [2.05, 4.69) is 15.1 Å². The summed E-state index contributed by atoms with van der Waals surface area (Å²) in [7, 11) is 4.64. The second kappa shape index (κ2) is 8.68. The van der Waals surface area contributed by atoms with Gasteiger partial charge in [0.2, 0.25) is 5.91 Å². The number of carboxylic acid groups (broad SMARTS) is 1. The lowest BCUT2D eigenvalue weighted by Gasteiger charge is -2.34. The molecule has 138 valence electrons. The molecule has 2 N–H and O–H groups in total. The van der Waals surface area contributed by atoms with E-state index in [9.17, 15) is 14.7 Å². The molecule has 1 amide bonds. The van der Waals surface area contributed by atoms with Crippen LogP contribution >= 0.6 is 0 Å². The lowest BCUT2D eigenvalue weighted by Crippen LogP contribution is -2.48. The third-order valence-corrected chi connectivity index (χ3v) is 4.36. The number of hydrogen-bond acceptors (Lipinski definition) is 6. The third-order valence-electron chi connectivity index (χ3n) is 4.36. The van der Waals surface area contributed by atoms with Crippen LogP contribution in [-0.2, 0) is 11.3 Å². The largest absolute Gasteiger partial charge is 0.497 e. The summed E-state index contributed by atoms with van der Waals surface area (Å²) in [5.74, 6) is -0.0539. The predicted molar refractivity (Wildman–Crippen MR) is 92.3 cm³/mol. The van der Waals surface area contributed by atoms with E-state index in [1.807, 2.05) is 0 Å². The van der Waals surface area contributed by atoms with E-state index in [0.717, 1.165) is 26.2 Å². The summed E-state index contributed by atoms with van der Waals surface area (Å²) in [6.45, 7) is 3.89. The molecule has 0 saturated carbocycles. The minimum Gasteiger partial charge on any atom is -0.497 e. The maximum absolute atomic E-state index is 11.6. The minimum atomic E-state index is -1.01. The standard InChI is InChI=1S/C17H25N3O5/c1-18-16(21)11-20-6-4-19(5-7-20)10-14-13(17(22)23)8-12(24-2)9-15(14)25-3/h8-9H,4-7,10-11H2,1-3H3,(H,18,21)(H,22,23). The Hall–Kier alpha value is -2.32. The zero-order valence-corrected chi connectivity index (χ0v) is 14.9. The Labute approximate surface area is 147 Å². The van der Waals surface area contributed by atoms with E-state index >= 15 is 0 Å². The van der Waals surface area contributed by atoms with Crippen molar-refractivity contribution in [3.8, 4) is 11.5 Å². The molecular weight excluding hydrogens is 326 g/mol. The van der Waals surface area contributed by atoms with Gasteiger partial charge in [-0.2, -0.15) is 0 Å². The molecule has 0 spiro atoms. The zero-order valence-electron chi connectivity index (χ0n) is 14.9. The molecule has 1 saturated heterocycles. The molecule has 1 fully saturated rings. The molecule has 0 atom stereocenters. The van der Waals surface area contributed by atoms with E-state index < -0.39 is 5.97 Å². The van der Waals surface area contributed by atoms with Gasteiger partial charge in [0.05, 0.1) is 26.3 Å². The summed E-state index contributed by atoms with van der Waals surface area (Å²) in [5, 5.41) is 12.1. The SMILES string of the molecule is CNC(=O)CN1CCN(Cc2c(OC)cc(OC)cc2C(=O)O)CC1. The fraction of sp³-hybridized carbons (Fsp3) is 0.529. The summed E-state index contributed by atoms with van der Waals surface area (Å²) in [6.07, 6.45) is 0. The number of carboxylic acids is 1. The van der Waals surface area contributed by atoms with E-state index in [0.29, 0.717) is 30.2 Å². The molecule has 1 heterocycles. The van der Waals surface area contributed by atoms with Gasteiger partial charge in [0.15, 0.2) is 0 Å². The highest BCUT2D eigenvalue weighted by Crippen LogP contribution is 2.30. The topological polar surface area (TPSA) is 91.3 Å². The van der Waals surface area contributed by atoms with Crippen LogP contribution in [0, 0.1) is 0 Å². The first-order valence-corrected chi connectivity index (χ1v) is 8.12. The van der Waals surface area contributed by atoms with E-state index in [4.69, 9.17) is 9.47 Å². The van der Waals surface area contributed by atoms with Gasteiger partial charge in [-0.15, -0.1) is 0 Å². The van der Waals surface area contributed by atoms with Crippen molar-refractivity contribution in [2.24, 2.45) is 0 Å². The first kappa shape index (κ1) is 19.0. The van der Waals surface area contributed by atoms with Crippen molar-refractivity contribution >= 4 is 11.9 Å². The number of likely N-dealkylation sites (N-methyl/N-ethyl adjacent to an activating group) is 1. The minimum absolute atomic E-state index is 0.00145. The van der Waals surface area contributed by atoms with Crippen molar-refractivity contribution in [2.45, 2.75) is 6.54 Å². The Bertz CT molecular complexity index is 627. The molecule has 2 rings (SSSR count). The Morgan fingerprint density at radius 2 is 1.76 bits per heavy atom. The highest BCUT2D eigenvalue weighted by atomic mass is 16.5. The summed E-state index contributed by atoms with van der Waals surface area (Å²) >= 11 is 0. The van der Waals surface area contributed by atoms with Crippen molar-refractivity contribution in [3.05, 3.63) is 23.3 Å². The van der Waals surface area contributed by atoms with Crippen LogP contribution in [0.2, 0.25) is 0 Å². The van der Waals surface area contributed by atoms with Gasteiger partial charge in [-0.05, 0) is 6.07 Å². The van der Waals surface area contributed by atoms with Crippen molar-refractivity contribution in [3.63, 3.8) is 0 Å². The van der Waals surface area contributed by atoms with Gasteiger partial charge < -0.3 is 19.9 Å². The van der Waals surface area contributed by atoms with Crippen molar-refractivity contribution < 1.29 is 24.2 Å². The zero-order chi connectivity index (χ0) is 18.4. The number of hydrogen-bond donors (Lipinski definition) is 2. The Kier molecular flexibility index (Phi) is 6.60. The number of aromatic carboxylic acids is 1. The van der Waals surface area contributed by atoms with Crippen LogP contribution in [0.5, 0.6) is 11.5 Å². The molecule has 0 unspecified atom stereocenters. The lowest BCUT2D eigenvalue weighted by molar-refractivity contribution is -0.122. The van der Waals surface area contributed by atoms with Gasteiger partial charge in [0, 0.05) is 51.4 Å². The van der Waals surface area contributed by atoms with Gasteiger partial charge >= 0.3 is 5.97 Å². The molecule has 0 aromatic heterocycles. The Morgan fingerprint density at radius 3 is 2.28 bits per heavy atom. The van der Waals surface area contributed by atoms with Gasteiger partial charge in [-0.3, -0.25) is 14.6 Å². The number of nitrogens with zero attached hydrogens (tertiary/aromatic N) is 2. The summed E-state index contributed by atoms with van der Waals surface area (Å²) < 4.78 is 10.5. The first-order valence-electron chi connectivity index (χ1n) is 8.12. The number of amides is 1. The van der Waals surface area contributed by atoms with Crippen LogP contribution in [0.3, 0.4) is 0 Å². The Balaban J connectivity index is 2.10. The van der Waals surface area contributed by atoms with Crippen LogP contribution in [0.25, 0.3) is 0 Å². The monoisotopic (exact) mass is 351 g/mol. The van der Waals surface area contributed by atoms with Crippen molar-refractivity contribution in [1.29, 1.82) is 0 Å². The molecule has 8 heteroatoms. The fourth-order valence-corrected chi connectivity index (χ4v) is 2.89. The molecule has 1 aromatic carbocycles. The highest BCUT2D eigenvalue weighted by Gasteiger charge is 2.23. The first-order chi connectivity index (χ1) is 12.0. The van der Waals surface area contributed by atoms with Crippen molar-refractivity contribution in [1.82, 2.24) is 15.1 Å². The van der Waals surface area contributed by atoms with Gasteiger partial charge in [0.25, 0.3) is 0 Å². The summed E-state index contributed by atoms with van der Waals surface area (Å²) in [5.41, 5.74) is 0.819. The highest BCUT2D eigenvalue weighted by molar-refractivity contribution is 5.91. The molecule has 1 aromatic rings. The third kappa shape index (κ3) is 4.83. The molecule has 1 aliphatic rings. The maximum Gasteiger partial charge on any atom is 0.336 e. The average Bonchev–Trinajstić information content (AvgIpc) is 2.62. The number of piperazine rings is 1. The van der Waals surface area contributed by atoms with Crippen LogP contribution in [0.15, 0.2) is 12.1 Å². The predicted octanol–water partition coefficient (Wildman–Crippen LogP) is 0.266. The van der Waals surface area contributed by atoms with Gasteiger partial charge in [-0.25, -0.2) is 4.79 Å². The molecule has 0 bridgehead atoms. The number of ether oxygens (including phenoxy) is 2. The molecule has 25 heavy (non-hydrogen) atoms. The number of methoxy groups -OCH3 is 2. The van der Waals surface area contributed by atoms with Crippen molar-refractivity contribution in [2.75, 3.05) is 54.0 Å². The summed E-state index contributed by atoms with van der Waals surface area (Å²) in [4.78, 5) is 27.3. The molecule has 1 aliphatic heterocycles. The Morgan fingerprint density at radius 1 is 1.12 bits per heavy atom. The molecule has 0 radical (unpaired) electrons. The number of benzene rings is 1. The van der Waals surface area contributed by atoms with Gasteiger partial charge in [-0.1, -0.05) is 0 Å². The number of carbonyl (C=O) groups is 2. The van der Waals surface area contributed by atoms with E-state index in [1.54, 1.807) is 13.1 Å². The fourth-order valence-electron chi connectivity index (χ4n) is 2.89. The second-order valence-corrected chi connectivity index (χ2v) is 5.89. The second-order valence-electron chi connectivity index (χ2n) is 5.89. The number of rotatable bonds is 7. The van der Waals surface area contributed by atoms with E-state index in [1.165, 1.54) is 20.3 Å². The van der Waals surface area contributed by atoms with Crippen LogP contribution in [0.4, 0.5) is 0 Å². The molecule has 0 aliphatic carbocycles. The normalized spacial score (nSPS) is 15.6. The summed E-state index contributed by atoms with van der Waals surface area (Å²) in [6, 6.07) is 3.21. The number of nitrogens with one attached hydrogen (secondary N) is 1.